The zero-order chi connectivity index (χ0) is 32.0. The van der Waals surface area contributed by atoms with Gasteiger partial charge in [-0.3, -0.25) is 28.4 Å². The third-order valence-corrected chi connectivity index (χ3v) is 8.67. The number of likely N-dealkylation sites (tertiary alicyclic amines) is 1. The molecule has 0 radical (unpaired) electrons. The molecule has 2 heterocycles. The monoisotopic (exact) mass is 615 g/mol. The Morgan fingerprint density at radius 3 is 2.04 bits per heavy atom. The number of likely N-dealkylation sites (N-methyl/N-ethyl adjacent to an activating group) is 1. The number of para-hydroxylation sites is 2. The number of benzene rings is 4. The predicted molar refractivity (Wildman–Crippen MR) is 180 cm³/mol. The molecule has 0 aliphatic carbocycles. The van der Waals surface area contributed by atoms with Crippen LogP contribution in [0, 0.1) is 0 Å². The SMILES string of the molecule is CN(C(=O)Cn1c(=O)n(Cc2ccc(C(=O)NC3CCN(Cc4ccccc4)CC3)cc2)c(=O)c2ccccc21)c1ccccc1. The van der Waals surface area contributed by atoms with Crippen molar-refractivity contribution in [3.05, 3.63) is 147 Å². The van der Waals surface area contributed by atoms with Gasteiger partial charge in [-0.1, -0.05) is 72.8 Å². The van der Waals surface area contributed by atoms with Crippen molar-refractivity contribution in [2.45, 2.75) is 38.5 Å². The summed E-state index contributed by atoms with van der Waals surface area (Å²) >= 11 is 0. The quantitative estimate of drug-likeness (QED) is 0.267. The minimum atomic E-state index is -0.570. The van der Waals surface area contributed by atoms with Crippen molar-refractivity contribution in [2.24, 2.45) is 0 Å². The molecule has 1 aromatic heterocycles. The second-order valence-electron chi connectivity index (χ2n) is 11.8. The molecule has 1 N–H and O–H groups in total. The van der Waals surface area contributed by atoms with Gasteiger partial charge in [0.2, 0.25) is 5.91 Å². The normalized spacial score (nSPS) is 13.8. The molecule has 6 rings (SSSR count). The molecule has 234 valence electrons. The lowest BCUT2D eigenvalue weighted by molar-refractivity contribution is -0.118. The van der Waals surface area contributed by atoms with E-state index in [1.54, 1.807) is 55.6 Å². The summed E-state index contributed by atoms with van der Waals surface area (Å²) < 4.78 is 2.50. The molecular weight excluding hydrogens is 578 g/mol. The van der Waals surface area contributed by atoms with Crippen LogP contribution >= 0.6 is 0 Å². The van der Waals surface area contributed by atoms with E-state index in [0.717, 1.165) is 37.0 Å². The summed E-state index contributed by atoms with van der Waals surface area (Å²) in [5.74, 6) is -0.430. The number of carbonyl (C=O) groups is 2. The number of piperidine rings is 1. The van der Waals surface area contributed by atoms with Crippen LogP contribution in [0.2, 0.25) is 0 Å². The Morgan fingerprint density at radius 1 is 0.739 bits per heavy atom. The number of aromatic nitrogens is 2. The van der Waals surface area contributed by atoms with Crippen molar-refractivity contribution in [1.82, 2.24) is 19.4 Å². The van der Waals surface area contributed by atoms with Gasteiger partial charge in [-0.2, -0.15) is 0 Å². The highest BCUT2D eigenvalue weighted by atomic mass is 16.2. The minimum absolute atomic E-state index is 0.00693. The van der Waals surface area contributed by atoms with E-state index in [0.29, 0.717) is 27.7 Å². The fraction of sp³-hybridized carbons (Fsp3) is 0.243. The van der Waals surface area contributed by atoms with E-state index >= 15 is 0 Å². The van der Waals surface area contributed by atoms with Crippen LogP contribution < -0.4 is 21.5 Å². The first-order valence-electron chi connectivity index (χ1n) is 15.6. The van der Waals surface area contributed by atoms with E-state index in [4.69, 9.17) is 0 Å². The lowest BCUT2D eigenvalue weighted by Crippen LogP contribution is -2.44. The molecule has 1 saturated heterocycles. The molecule has 1 fully saturated rings. The summed E-state index contributed by atoms with van der Waals surface area (Å²) in [6, 6.07) is 33.5. The second kappa shape index (κ2) is 13.8. The number of amides is 2. The maximum Gasteiger partial charge on any atom is 0.332 e. The Kier molecular flexibility index (Phi) is 9.21. The largest absolute Gasteiger partial charge is 0.349 e. The van der Waals surface area contributed by atoms with Gasteiger partial charge in [-0.15, -0.1) is 0 Å². The fourth-order valence-electron chi connectivity index (χ4n) is 5.99. The average molecular weight is 616 g/mol. The van der Waals surface area contributed by atoms with Crippen LogP contribution in [0.4, 0.5) is 5.69 Å². The van der Waals surface area contributed by atoms with Gasteiger partial charge in [0.1, 0.15) is 6.54 Å². The first-order chi connectivity index (χ1) is 22.4. The van der Waals surface area contributed by atoms with Crippen molar-refractivity contribution < 1.29 is 9.59 Å². The Morgan fingerprint density at radius 2 is 1.35 bits per heavy atom. The number of rotatable bonds is 9. The molecule has 9 heteroatoms. The molecule has 0 unspecified atom stereocenters. The van der Waals surface area contributed by atoms with Gasteiger partial charge < -0.3 is 10.2 Å². The fourth-order valence-corrected chi connectivity index (χ4v) is 5.99. The first kappa shape index (κ1) is 30.7. The van der Waals surface area contributed by atoms with Crippen LogP contribution in [-0.2, 0) is 24.4 Å². The number of carbonyl (C=O) groups excluding carboxylic acids is 2. The highest BCUT2D eigenvalue weighted by Gasteiger charge is 2.22. The molecule has 0 spiro atoms. The highest BCUT2D eigenvalue weighted by molar-refractivity contribution is 5.94. The smallest absolute Gasteiger partial charge is 0.332 e. The van der Waals surface area contributed by atoms with Gasteiger partial charge in [0.05, 0.1) is 17.4 Å². The molecule has 1 aliphatic rings. The molecule has 0 bridgehead atoms. The van der Waals surface area contributed by atoms with E-state index in [9.17, 15) is 19.2 Å². The topological polar surface area (TPSA) is 96.7 Å². The average Bonchev–Trinajstić information content (AvgIpc) is 3.10. The third-order valence-electron chi connectivity index (χ3n) is 8.67. The minimum Gasteiger partial charge on any atom is -0.349 e. The third kappa shape index (κ3) is 6.84. The molecule has 2 amide bonds. The van der Waals surface area contributed by atoms with Gasteiger partial charge in [0, 0.05) is 44.0 Å². The lowest BCUT2D eigenvalue weighted by atomic mass is 10.0. The van der Waals surface area contributed by atoms with Crippen LogP contribution in [0.5, 0.6) is 0 Å². The molecule has 1 aliphatic heterocycles. The highest BCUT2D eigenvalue weighted by Crippen LogP contribution is 2.16. The van der Waals surface area contributed by atoms with Gasteiger partial charge in [0.25, 0.3) is 11.5 Å². The molecule has 46 heavy (non-hydrogen) atoms. The molecule has 4 aromatic carbocycles. The molecule has 9 nitrogen and oxygen atoms in total. The maximum absolute atomic E-state index is 13.7. The van der Waals surface area contributed by atoms with Crippen LogP contribution in [0.15, 0.2) is 119 Å². The summed E-state index contributed by atoms with van der Waals surface area (Å²) in [6.07, 6.45) is 1.77. The zero-order valence-corrected chi connectivity index (χ0v) is 25.8. The van der Waals surface area contributed by atoms with Gasteiger partial charge in [-0.05, 0) is 60.4 Å². The van der Waals surface area contributed by atoms with E-state index in [1.165, 1.54) is 15.0 Å². The standard InChI is InChI=1S/C37H37N5O4/c1-39(31-12-6-3-7-13-31)34(43)26-41-33-15-9-8-14-32(33)36(45)42(37(41)46)25-28-16-18-29(19-17-28)35(44)38-30-20-22-40(23-21-30)24-27-10-4-2-5-11-27/h2-19,30H,20-26H2,1H3,(H,38,44). The van der Waals surface area contributed by atoms with Crippen molar-refractivity contribution >= 4 is 28.4 Å². The van der Waals surface area contributed by atoms with Gasteiger partial charge in [0.15, 0.2) is 0 Å². The van der Waals surface area contributed by atoms with E-state index in [1.807, 2.05) is 36.4 Å². The van der Waals surface area contributed by atoms with Crippen LogP contribution in [-0.4, -0.2) is 52.0 Å². The Labute approximate surface area is 267 Å². The molecule has 5 aromatic rings. The van der Waals surface area contributed by atoms with Crippen molar-refractivity contribution in [2.75, 3.05) is 25.0 Å². The maximum atomic E-state index is 13.7. The predicted octanol–water partition coefficient (Wildman–Crippen LogP) is 4.27. The number of hydrogen-bond acceptors (Lipinski definition) is 5. The Bertz CT molecular complexity index is 1940. The molecule has 0 atom stereocenters. The lowest BCUT2D eigenvalue weighted by Gasteiger charge is -2.32. The van der Waals surface area contributed by atoms with Crippen LogP contribution in [0.25, 0.3) is 10.9 Å². The van der Waals surface area contributed by atoms with Crippen molar-refractivity contribution in [3.63, 3.8) is 0 Å². The number of nitrogens with one attached hydrogen (secondary N) is 1. The number of nitrogens with zero attached hydrogens (tertiary/aromatic N) is 4. The number of anilines is 1. The van der Waals surface area contributed by atoms with Crippen LogP contribution in [0.1, 0.15) is 34.3 Å². The first-order valence-corrected chi connectivity index (χ1v) is 15.6. The summed E-state index contributed by atoms with van der Waals surface area (Å²) in [5, 5.41) is 3.51. The van der Waals surface area contributed by atoms with E-state index in [2.05, 4.69) is 34.5 Å². The van der Waals surface area contributed by atoms with E-state index < -0.39 is 11.2 Å². The summed E-state index contributed by atoms with van der Waals surface area (Å²) in [7, 11) is 1.66. The molecule has 0 saturated carbocycles. The summed E-state index contributed by atoms with van der Waals surface area (Å²) in [4.78, 5) is 57.4. The van der Waals surface area contributed by atoms with Crippen LogP contribution in [0.3, 0.4) is 0 Å². The van der Waals surface area contributed by atoms with Crippen molar-refractivity contribution in [3.8, 4) is 0 Å². The van der Waals surface area contributed by atoms with Crippen molar-refractivity contribution in [1.29, 1.82) is 0 Å². The summed E-state index contributed by atoms with van der Waals surface area (Å²) in [6.45, 7) is 2.54. The Balaban J connectivity index is 1.14. The number of hydrogen-bond donors (Lipinski definition) is 1. The zero-order valence-electron chi connectivity index (χ0n) is 25.8. The number of fused-ring (bicyclic) bond motifs is 1. The Hall–Kier alpha value is -5.28. The van der Waals surface area contributed by atoms with Gasteiger partial charge in [-0.25, -0.2) is 4.79 Å². The van der Waals surface area contributed by atoms with E-state index in [-0.39, 0.29) is 30.9 Å². The summed E-state index contributed by atoms with van der Waals surface area (Å²) in [5.41, 5.74) is 2.62. The van der Waals surface area contributed by atoms with Gasteiger partial charge >= 0.3 is 5.69 Å². The second-order valence-corrected chi connectivity index (χ2v) is 11.8. The molecular formula is C37H37N5O4.